The lowest BCUT2D eigenvalue weighted by atomic mass is 10.1. The first-order valence-corrected chi connectivity index (χ1v) is 7.40. The maximum Gasteiger partial charge on any atom is 0.267 e. The molecule has 0 fully saturated rings. The van der Waals surface area contributed by atoms with E-state index in [1.807, 2.05) is 55.5 Å². The predicted octanol–water partition coefficient (Wildman–Crippen LogP) is 3.92. The molecule has 0 aliphatic heterocycles. The van der Waals surface area contributed by atoms with Gasteiger partial charge in [-0.25, -0.2) is 4.68 Å². The van der Waals surface area contributed by atoms with Crippen molar-refractivity contribution in [2.75, 3.05) is 0 Å². The van der Waals surface area contributed by atoms with Crippen LogP contribution >= 0.6 is 11.6 Å². The van der Waals surface area contributed by atoms with Crippen molar-refractivity contribution < 1.29 is 0 Å². The topological polar surface area (TPSA) is 34.9 Å². The Morgan fingerprint density at radius 1 is 1.05 bits per heavy atom. The zero-order valence-electron chi connectivity index (χ0n) is 12.2. The molecule has 0 radical (unpaired) electrons. The Morgan fingerprint density at radius 2 is 1.86 bits per heavy atom. The van der Waals surface area contributed by atoms with Gasteiger partial charge in [0.25, 0.3) is 5.56 Å². The van der Waals surface area contributed by atoms with Crippen molar-refractivity contribution in [2.45, 2.75) is 13.5 Å². The molecule has 110 valence electrons. The Hall–Kier alpha value is -2.39. The average Bonchev–Trinajstić information content (AvgIpc) is 2.50. The number of nitrogens with zero attached hydrogens (tertiary/aromatic N) is 2. The Kier molecular flexibility index (Phi) is 4.07. The first kappa shape index (κ1) is 14.5. The molecule has 0 saturated heterocycles. The zero-order valence-corrected chi connectivity index (χ0v) is 12.9. The zero-order chi connectivity index (χ0) is 15.5. The molecule has 3 rings (SSSR count). The van der Waals surface area contributed by atoms with Gasteiger partial charge in [0.1, 0.15) is 0 Å². The summed E-state index contributed by atoms with van der Waals surface area (Å²) < 4.78 is 1.47. The summed E-state index contributed by atoms with van der Waals surface area (Å²) >= 11 is 5.99. The van der Waals surface area contributed by atoms with Crippen LogP contribution in [0.1, 0.15) is 11.1 Å². The molecule has 3 nitrogen and oxygen atoms in total. The van der Waals surface area contributed by atoms with E-state index in [-0.39, 0.29) is 5.56 Å². The Morgan fingerprint density at radius 3 is 2.64 bits per heavy atom. The fraction of sp³-hybridized carbons (Fsp3) is 0.111. The summed E-state index contributed by atoms with van der Waals surface area (Å²) in [4.78, 5) is 12.0. The minimum Gasteiger partial charge on any atom is -0.268 e. The molecule has 0 amide bonds. The number of aromatic nitrogens is 2. The highest BCUT2D eigenvalue weighted by atomic mass is 35.5. The molecule has 2 aromatic carbocycles. The molecule has 0 saturated carbocycles. The van der Waals surface area contributed by atoms with Crippen molar-refractivity contribution in [3.8, 4) is 11.3 Å². The van der Waals surface area contributed by atoms with Gasteiger partial charge < -0.3 is 0 Å². The van der Waals surface area contributed by atoms with E-state index in [1.165, 1.54) is 4.68 Å². The van der Waals surface area contributed by atoms with Crippen molar-refractivity contribution in [2.24, 2.45) is 0 Å². The van der Waals surface area contributed by atoms with Gasteiger partial charge in [0.2, 0.25) is 0 Å². The van der Waals surface area contributed by atoms with E-state index in [2.05, 4.69) is 5.10 Å². The largest absolute Gasteiger partial charge is 0.268 e. The molecule has 1 heterocycles. The SMILES string of the molecule is Cc1ccccc1-c1ccc(=O)n(Cc2cccc(Cl)c2)n1. The van der Waals surface area contributed by atoms with Crippen molar-refractivity contribution in [3.63, 3.8) is 0 Å². The van der Waals surface area contributed by atoms with Crippen LogP contribution in [0.15, 0.2) is 65.5 Å². The van der Waals surface area contributed by atoms with Crippen LogP contribution in [0.5, 0.6) is 0 Å². The summed E-state index contributed by atoms with van der Waals surface area (Å²) in [6.45, 7) is 2.43. The van der Waals surface area contributed by atoms with Crippen LogP contribution in [0.25, 0.3) is 11.3 Å². The van der Waals surface area contributed by atoms with Crippen LogP contribution < -0.4 is 5.56 Å². The maximum absolute atomic E-state index is 12.0. The monoisotopic (exact) mass is 310 g/mol. The maximum atomic E-state index is 12.0. The molecule has 4 heteroatoms. The summed E-state index contributed by atoms with van der Waals surface area (Å²) in [5.41, 5.74) is 3.77. The minimum atomic E-state index is -0.127. The molecule has 0 spiro atoms. The van der Waals surface area contributed by atoms with Gasteiger partial charge >= 0.3 is 0 Å². The Bertz CT molecular complexity index is 871. The number of benzene rings is 2. The molecule has 0 atom stereocenters. The fourth-order valence-electron chi connectivity index (χ4n) is 2.37. The lowest BCUT2D eigenvalue weighted by Crippen LogP contribution is -2.22. The van der Waals surface area contributed by atoms with E-state index in [1.54, 1.807) is 12.1 Å². The van der Waals surface area contributed by atoms with E-state index in [9.17, 15) is 4.79 Å². The fourth-order valence-corrected chi connectivity index (χ4v) is 2.59. The van der Waals surface area contributed by atoms with Gasteiger partial charge in [-0.2, -0.15) is 5.10 Å². The van der Waals surface area contributed by atoms with E-state index in [4.69, 9.17) is 11.6 Å². The van der Waals surface area contributed by atoms with Crippen LogP contribution in [-0.2, 0) is 6.54 Å². The van der Waals surface area contributed by atoms with Gasteiger partial charge in [-0.3, -0.25) is 4.79 Å². The predicted molar refractivity (Wildman–Crippen MR) is 89.2 cm³/mol. The highest BCUT2D eigenvalue weighted by Crippen LogP contribution is 2.19. The van der Waals surface area contributed by atoms with E-state index in [0.29, 0.717) is 11.6 Å². The molecule has 0 aliphatic carbocycles. The van der Waals surface area contributed by atoms with Gasteiger partial charge in [0, 0.05) is 16.7 Å². The smallest absolute Gasteiger partial charge is 0.267 e. The molecule has 1 aromatic heterocycles. The molecule has 0 bridgehead atoms. The number of hydrogen-bond donors (Lipinski definition) is 0. The molecule has 22 heavy (non-hydrogen) atoms. The Balaban J connectivity index is 2.01. The van der Waals surface area contributed by atoms with Crippen LogP contribution in [-0.4, -0.2) is 9.78 Å². The minimum absolute atomic E-state index is 0.127. The highest BCUT2D eigenvalue weighted by Gasteiger charge is 2.06. The van der Waals surface area contributed by atoms with Gasteiger partial charge in [0.05, 0.1) is 12.2 Å². The summed E-state index contributed by atoms with van der Waals surface area (Å²) in [5, 5.41) is 5.14. The van der Waals surface area contributed by atoms with Crippen LogP contribution in [0, 0.1) is 6.92 Å². The van der Waals surface area contributed by atoms with E-state index in [0.717, 1.165) is 22.4 Å². The summed E-state index contributed by atoms with van der Waals surface area (Å²) in [5.74, 6) is 0. The lowest BCUT2D eigenvalue weighted by molar-refractivity contribution is 0.642. The first-order valence-electron chi connectivity index (χ1n) is 7.02. The van der Waals surface area contributed by atoms with Gasteiger partial charge in [0.15, 0.2) is 0 Å². The standard InChI is InChI=1S/C18H15ClN2O/c1-13-5-2-3-8-16(13)17-9-10-18(22)21(20-17)12-14-6-4-7-15(19)11-14/h2-11H,12H2,1H3. The lowest BCUT2D eigenvalue weighted by Gasteiger charge is -2.09. The quantitative estimate of drug-likeness (QED) is 0.735. The van der Waals surface area contributed by atoms with Crippen molar-refractivity contribution in [1.82, 2.24) is 9.78 Å². The summed E-state index contributed by atoms with van der Waals surface area (Å²) in [6, 6.07) is 18.8. The van der Waals surface area contributed by atoms with Gasteiger partial charge in [-0.1, -0.05) is 48.0 Å². The third-order valence-electron chi connectivity index (χ3n) is 3.51. The first-order chi connectivity index (χ1) is 10.6. The molecular formula is C18H15ClN2O. The average molecular weight is 311 g/mol. The number of aryl methyl sites for hydroxylation is 1. The van der Waals surface area contributed by atoms with Crippen molar-refractivity contribution in [3.05, 3.63) is 87.2 Å². The summed E-state index contributed by atoms with van der Waals surface area (Å²) in [7, 11) is 0. The molecular weight excluding hydrogens is 296 g/mol. The van der Waals surface area contributed by atoms with Crippen LogP contribution in [0.4, 0.5) is 0 Å². The van der Waals surface area contributed by atoms with Gasteiger partial charge in [-0.15, -0.1) is 0 Å². The Labute approximate surface area is 133 Å². The second kappa shape index (κ2) is 6.16. The molecule has 0 unspecified atom stereocenters. The van der Waals surface area contributed by atoms with E-state index >= 15 is 0 Å². The third-order valence-corrected chi connectivity index (χ3v) is 3.74. The van der Waals surface area contributed by atoms with Crippen LogP contribution in [0.3, 0.4) is 0 Å². The summed E-state index contributed by atoms with van der Waals surface area (Å²) in [6.07, 6.45) is 0. The second-order valence-electron chi connectivity index (χ2n) is 5.16. The van der Waals surface area contributed by atoms with Crippen molar-refractivity contribution >= 4 is 11.6 Å². The normalized spacial score (nSPS) is 10.6. The van der Waals surface area contributed by atoms with E-state index < -0.39 is 0 Å². The second-order valence-corrected chi connectivity index (χ2v) is 5.60. The number of halogens is 1. The van der Waals surface area contributed by atoms with Crippen LogP contribution in [0.2, 0.25) is 5.02 Å². The molecule has 0 aliphatic rings. The van der Waals surface area contributed by atoms with Gasteiger partial charge in [-0.05, 0) is 36.2 Å². The number of hydrogen-bond acceptors (Lipinski definition) is 2. The molecule has 0 N–H and O–H groups in total. The highest BCUT2D eigenvalue weighted by molar-refractivity contribution is 6.30. The number of rotatable bonds is 3. The van der Waals surface area contributed by atoms with Crippen molar-refractivity contribution in [1.29, 1.82) is 0 Å². The molecule has 3 aromatic rings. The third kappa shape index (κ3) is 3.10.